The van der Waals surface area contributed by atoms with Gasteiger partial charge < -0.3 is 9.84 Å². The number of allylic oxidation sites excluding steroid dienone is 1. The van der Waals surface area contributed by atoms with Gasteiger partial charge in [-0.2, -0.15) is 0 Å². The molecule has 0 aliphatic heterocycles. The van der Waals surface area contributed by atoms with Crippen LogP contribution in [0.3, 0.4) is 0 Å². The van der Waals surface area contributed by atoms with Gasteiger partial charge in [0.25, 0.3) is 0 Å². The zero-order chi connectivity index (χ0) is 15.4. The standard InChI is InChI=1S/C18H24O3/c1-12(2)13(3)14-4-8-16(9-5-14)21-17-10-6-15(7-11-17)18(19)20/h6-7,10-11,13-14,16H,1,4-5,8-9H2,2-3H3,(H,19,20)/t13-,14?,16?/m1/s1. The molecule has 1 aromatic rings. The van der Waals surface area contributed by atoms with Gasteiger partial charge in [-0.15, -0.1) is 0 Å². The molecule has 1 aliphatic rings. The summed E-state index contributed by atoms with van der Waals surface area (Å²) in [5.74, 6) is 1.16. The molecule has 0 bridgehead atoms. The number of rotatable bonds is 5. The van der Waals surface area contributed by atoms with Crippen LogP contribution in [0.15, 0.2) is 36.4 Å². The summed E-state index contributed by atoms with van der Waals surface area (Å²) in [4.78, 5) is 10.8. The predicted octanol–water partition coefficient (Wildman–Crippen LogP) is 4.53. The second kappa shape index (κ2) is 6.79. The van der Waals surface area contributed by atoms with Crippen LogP contribution < -0.4 is 4.74 Å². The highest BCUT2D eigenvalue weighted by atomic mass is 16.5. The molecule has 0 heterocycles. The van der Waals surface area contributed by atoms with Gasteiger partial charge in [-0.3, -0.25) is 0 Å². The van der Waals surface area contributed by atoms with Crippen molar-refractivity contribution in [1.82, 2.24) is 0 Å². The molecule has 21 heavy (non-hydrogen) atoms. The number of carbonyl (C=O) groups is 1. The Balaban J connectivity index is 1.86. The smallest absolute Gasteiger partial charge is 0.335 e. The van der Waals surface area contributed by atoms with Crippen LogP contribution in [0.1, 0.15) is 49.9 Å². The zero-order valence-corrected chi connectivity index (χ0v) is 12.8. The van der Waals surface area contributed by atoms with Gasteiger partial charge in [0.05, 0.1) is 11.7 Å². The van der Waals surface area contributed by atoms with Crippen LogP contribution in [-0.2, 0) is 0 Å². The fourth-order valence-electron chi connectivity index (χ4n) is 2.98. The molecule has 0 radical (unpaired) electrons. The molecular weight excluding hydrogens is 264 g/mol. The maximum absolute atomic E-state index is 10.8. The zero-order valence-electron chi connectivity index (χ0n) is 12.8. The number of hydrogen-bond acceptors (Lipinski definition) is 2. The lowest BCUT2D eigenvalue weighted by Gasteiger charge is -2.32. The Kier molecular flexibility index (Phi) is 5.05. The van der Waals surface area contributed by atoms with Crippen LogP contribution in [0.2, 0.25) is 0 Å². The van der Waals surface area contributed by atoms with Gasteiger partial charge in [-0.05, 0) is 68.7 Å². The van der Waals surface area contributed by atoms with E-state index in [0.717, 1.165) is 24.5 Å². The molecule has 0 aromatic heterocycles. The molecule has 1 N–H and O–H groups in total. The van der Waals surface area contributed by atoms with Crippen LogP contribution in [0, 0.1) is 11.8 Å². The molecule has 1 aliphatic carbocycles. The number of ether oxygens (including phenoxy) is 1. The van der Waals surface area contributed by atoms with E-state index in [1.807, 2.05) is 0 Å². The molecule has 0 spiro atoms. The first-order valence-corrected chi connectivity index (χ1v) is 7.62. The SMILES string of the molecule is C=C(C)[C@@H](C)C1CCC(Oc2ccc(C(=O)O)cc2)CC1. The second-order valence-corrected chi connectivity index (χ2v) is 6.12. The van der Waals surface area contributed by atoms with E-state index in [1.165, 1.54) is 18.4 Å². The van der Waals surface area contributed by atoms with E-state index in [4.69, 9.17) is 9.84 Å². The minimum Gasteiger partial charge on any atom is -0.490 e. The average Bonchev–Trinajstić information content (AvgIpc) is 2.47. The number of aromatic carboxylic acids is 1. The van der Waals surface area contributed by atoms with Crippen LogP contribution in [0.4, 0.5) is 0 Å². The van der Waals surface area contributed by atoms with Crippen molar-refractivity contribution in [3.8, 4) is 5.75 Å². The van der Waals surface area contributed by atoms with Crippen molar-refractivity contribution in [2.45, 2.75) is 45.6 Å². The van der Waals surface area contributed by atoms with Crippen LogP contribution in [-0.4, -0.2) is 17.2 Å². The summed E-state index contributed by atoms with van der Waals surface area (Å²) in [6.45, 7) is 8.43. The normalized spacial score (nSPS) is 23.3. The molecule has 0 amide bonds. The van der Waals surface area contributed by atoms with E-state index in [2.05, 4.69) is 20.4 Å². The minimum absolute atomic E-state index is 0.245. The molecule has 114 valence electrons. The van der Waals surface area contributed by atoms with Gasteiger partial charge in [0.2, 0.25) is 0 Å². The third-order valence-corrected chi connectivity index (χ3v) is 4.61. The first-order valence-electron chi connectivity index (χ1n) is 7.62. The lowest BCUT2D eigenvalue weighted by atomic mass is 9.77. The van der Waals surface area contributed by atoms with Gasteiger partial charge in [0.15, 0.2) is 0 Å². The lowest BCUT2D eigenvalue weighted by Crippen LogP contribution is -2.27. The number of benzene rings is 1. The van der Waals surface area contributed by atoms with E-state index >= 15 is 0 Å². The molecule has 1 aromatic carbocycles. The van der Waals surface area contributed by atoms with Gasteiger partial charge in [0, 0.05) is 0 Å². The third kappa shape index (κ3) is 4.10. The summed E-state index contributed by atoms with van der Waals surface area (Å²) in [7, 11) is 0. The van der Waals surface area contributed by atoms with E-state index < -0.39 is 5.97 Å². The van der Waals surface area contributed by atoms with E-state index in [-0.39, 0.29) is 6.10 Å². The Hall–Kier alpha value is -1.77. The summed E-state index contributed by atoms with van der Waals surface area (Å²) >= 11 is 0. The molecule has 0 saturated heterocycles. The predicted molar refractivity (Wildman–Crippen MR) is 83.8 cm³/mol. The summed E-state index contributed by atoms with van der Waals surface area (Å²) in [5, 5.41) is 8.88. The van der Waals surface area contributed by atoms with Crippen molar-refractivity contribution in [2.24, 2.45) is 11.8 Å². The second-order valence-electron chi connectivity index (χ2n) is 6.12. The molecule has 3 nitrogen and oxygen atoms in total. The highest BCUT2D eigenvalue weighted by molar-refractivity contribution is 5.87. The summed E-state index contributed by atoms with van der Waals surface area (Å²) < 4.78 is 5.96. The molecule has 1 atom stereocenters. The maximum Gasteiger partial charge on any atom is 0.335 e. The largest absolute Gasteiger partial charge is 0.490 e. The highest BCUT2D eigenvalue weighted by Crippen LogP contribution is 2.34. The fraction of sp³-hybridized carbons (Fsp3) is 0.500. The molecular formula is C18H24O3. The van der Waals surface area contributed by atoms with Crippen LogP contribution >= 0.6 is 0 Å². The topological polar surface area (TPSA) is 46.5 Å². The third-order valence-electron chi connectivity index (χ3n) is 4.61. The van der Waals surface area contributed by atoms with Crippen molar-refractivity contribution in [3.05, 3.63) is 42.0 Å². The first-order chi connectivity index (χ1) is 9.97. The van der Waals surface area contributed by atoms with Crippen LogP contribution in [0.25, 0.3) is 0 Å². The maximum atomic E-state index is 10.8. The summed E-state index contributed by atoms with van der Waals surface area (Å²) in [6.07, 6.45) is 4.71. The Bertz CT molecular complexity index is 496. The van der Waals surface area contributed by atoms with Crippen molar-refractivity contribution in [1.29, 1.82) is 0 Å². The van der Waals surface area contributed by atoms with Gasteiger partial charge in [-0.25, -0.2) is 4.79 Å². The van der Waals surface area contributed by atoms with E-state index in [0.29, 0.717) is 11.5 Å². The lowest BCUT2D eigenvalue weighted by molar-refractivity contribution is 0.0696. The Morgan fingerprint density at radius 1 is 1.24 bits per heavy atom. The number of carboxylic acids is 1. The van der Waals surface area contributed by atoms with Gasteiger partial charge in [-0.1, -0.05) is 19.1 Å². The molecule has 1 saturated carbocycles. The Labute approximate surface area is 126 Å². The molecule has 1 fully saturated rings. The van der Waals surface area contributed by atoms with Gasteiger partial charge >= 0.3 is 5.97 Å². The quantitative estimate of drug-likeness (QED) is 0.809. The highest BCUT2D eigenvalue weighted by Gasteiger charge is 2.26. The Morgan fingerprint density at radius 3 is 2.29 bits per heavy atom. The van der Waals surface area contributed by atoms with Crippen molar-refractivity contribution < 1.29 is 14.6 Å². The molecule has 0 unspecified atom stereocenters. The van der Waals surface area contributed by atoms with Gasteiger partial charge in [0.1, 0.15) is 5.75 Å². The van der Waals surface area contributed by atoms with Crippen molar-refractivity contribution >= 4 is 5.97 Å². The minimum atomic E-state index is -0.907. The van der Waals surface area contributed by atoms with E-state index in [1.54, 1.807) is 24.3 Å². The Morgan fingerprint density at radius 2 is 1.81 bits per heavy atom. The number of hydrogen-bond donors (Lipinski definition) is 1. The summed E-state index contributed by atoms with van der Waals surface area (Å²) in [5.41, 5.74) is 1.56. The monoisotopic (exact) mass is 288 g/mol. The summed E-state index contributed by atoms with van der Waals surface area (Å²) in [6, 6.07) is 6.66. The van der Waals surface area contributed by atoms with Crippen molar-refractivity contribution in [2.75, 3.05) is 0 Å². The average molecular weight is 288 g/mol. The number of carboxylic acid groups (broad SMARTS) is 1. The molecule has 3 heteroatoms. The first kappa shape index (κ1) is 15.6. The molecule has 2 rings (SSSR count). The van der Waals surface area contributed by atoms with Crippen molar-refractivity contribution in [3.63, 3.8) is 0 Å². The van der Waals surface area contributed by atoms with Crippen LogP contribution in [0.5, 0.6) is 5.75 Å². The van der Waals surface area contributed by atoms with E-state index in [9.17, 15) is 4.79 Å². The fourth-order valence-corrected chi connectivity index (χ4v) is 2.98.